The van der Waals surface area contributed by atoms with E-state index in [4.69, 9.17) is 19.9 Å². The first-order chi connectivity index (χ1) is 9.72. The van der Waals surface area contributed by atoms with Gasteiger partial charge in [-0.3, -0.25) is 0 Å². The lowest BCUT2D eigenvalue weighted by Gasteiger charge is -2.28. The number of nitrogens with two attached hydrogens (primary N) is 1. The van der Waals surface area contributed by atoms with E-state index in [0.717, 1.165) is 30.8 Å². The Hall–Kier alpha value is -1.10. The average Bonchev–Trinajstić information content (AvgIpc) is 2.48. The third-order valence-corrected chi connectivity index (χ3v) is 3.66. The van der Waals surface area contributed by atoms with Crippen LogP contribution in [0.5, 0.6) is 5.75 Å². The fourth-order valence-electron chi connectivity index (χ4n) is 2.58. The standard InChI is InChI=1S/C16H25NO3/c1-12(17)16(14-8-3-4-9-15(14)18-2)20-11-13-7-5-6-10-19-13/h3-4,8-9,12-13,16H,5-7,10-11,17H2,1-2H3. The van der Waals surface area contributed by atoms with Crippen molar-refractivity contribution in [3.63, 3.8) is 0 Å². The number of para-hydroxylation sites is 1. The summed E-state index contributed by atoms with van der Waals surface area (Å²) in [6, 6.07) is 7.77. The molecule has 112 valence electrons. The summed E-state index contributed by atoms with van der Waals surface area (Å²) < 4.78 is 17.1. The minimum atomic E-state index is -0.170. The zero-order valence-corrected chi connectivity index (χ0v) is 12.4. The van der Waals surface area contributed by atoms with Gasteiger partial charge in [0.1, 0.15) is 11.9 Å². The molecule has 1 aliphatic rings. The molecular formula is C16H25NO3. The smallest absolute Gasteiger partial charge is 0.124 e. The van der Waals surface area contributed by atoms with Gasteiger partial charge in [0.2, 0.25) is 0 Å². The molecule has 0 amide bonds. The maximum Gasteiger partial charge on any atom is 0.124 e. The highest BCUT2D eigenvalue weighted by atomic mass is 16.5. The van der Waals surface area contributed by atoms with E-state index >= 15 is 0 Å². The predicted molar refractivity (Wildman–Crippen MR) is 78.9 cm³/mol. The average molecular weight is 279 g/mol. The van der Waals surface area contributed by atoms with Gasteiger partial charge in [0.15, 0.2) is 0 Å². The number of hydrogen-bond donors (Lipinski definition) is 1. The van der Waals surface area contributed by atoms with Gasteiger partial charge in [0.05, 0.1) is 19.8 Å². The van der Waals surface area contributed by atoms with Crippen LogP contribution in [0.2, 0.25) is 0 Å². The summed E-state index contributed by atoms with van der Waals surface area (Å²) in [5.74, 6) is 0.819. The highest BCUT2D eigenvalue weighted by Gasteiger charge is 2.23. The number of methoxy groups -OCH3 is 1. The van der Waals surface area contributed by atoms with Crippen LogP contribution in [0.25, 0.3) is 0 Å². The summed E-state index contributed by atoms with van der Waals surface area (Å²) in [7, 11) is 1.67. The third kappa shape index (κ3) is 3.95. The highest BCUT2D eigenvalue weighted by Crippen LogP contribution is 2.30. The van der Waals surface area contributed by atoms with Crippen LogP contribution in [0.4, 0.5) is 0 Å². The molecule has 1 aromatic rings. The molecule has 1 fully saturated rings. The molecule has 0 aliphatic carbocycles. The Labute approximate surface area is 121 Å². The topological polar surface area (TPSA) is 53.7 Å². The van der Waals surface area contributed by atoms with Crippen molar-refractivity contribution in [2.75, 3.05) is 20.3 Å². The summed E-state index contributed by atoms with van der Waals surface area (Å²) in [6.07, 6.45) is 3.46. The zero-order valence-electron chi connectivity index (χ0n) is 12.4. The van der Waals surface area contributed by atoms with Crippen LogP contribution in [0.1, 0.15) is 37.9 Å². The molecule has 1 aromatic carbocycles. The van der Waals surface area contributed by atoms with Crippen LogP contribution in [0.15, 0.2) is 24.3 Å². The monoisotopic (exact) mass is 279 g/mol. The largest absolute Gasteiger partial charge is 0.496 e. The Balaban J connectivity index is 2.02. The molecule has 4 heteroatoms. The Bertz CT molecular complexity index is 402. The third-order valence-electron chi connectivity index (χ3n) is 3.66. The SMILES string of the molecule is COc1ccccc1C(OCC1CCCCO1)C(C)N. The molecule has 2 rings (SSSR count). The van der Waals surface area contributed by atoms with E-state index in [9.17, 15) is 0 Å². The Morgan fingerprint density at radius 2 is 2.15 bits per heavy atom. The fourth-order valence-corrected chi connectivity index (χ4v) is 2.58. The van der Waals surface area contributed by atoms with Crippen LogP contribution in [-0.2, 0) is 9.47 Å². The van der Waals surface area contributed by atoms with E-state index in [2.05, 4.69) is 0 Å². The van der Waals surface area contributed by atoms with Gasteiger partial charge < -0.3 is 19.9 Å². The van der Waals surface area contributed by atoms with Crippen molar-refractivity contribution in [2.24, 2.45) is 5.73 Å². The summed E-state index contributed by atoms with van der Waals surface area (Å²) in [4.78, 5) is 0. The van der Waals surface area contributed by atoms with Crippen molar-refractivity contribution in [2.45, 2.75) is 44.4 Å². The molecule has 0 aromatic heterocycles. The van der Waals surface area contributed by atoms with E-state index < -0.39 is 0 Å². The molecule has 4 nitrogen and oxygen atoms in total. The van der Waals surface area contributed by atoms with E-state index in [1.807, 2.05) is 31.2 Å². The molecule has 0 radical (unpaired) electrons. The van der Waals surface area contributed by atoms with Crippen LogP contribution < -0.4 is 10.5 Å². The minimum Gasteiger partial charge on any atom is -0.496 e. The van der Waals surface area contributed by atoms with Gasteiger partial charge >= 0.3 is 0 Å². The van der Waals surface area contributed by atoms with Crippen LogP contribution in [-0.4, -0.2) is 32.5 Å². The lowest BCUT2D eigenvalue weighted by Crippen LogP contribution is -2.31. The van der Waals surface area contributed by atoms with Gasteiger partial charge in [-0.2, -0.15) is 0 Å². The molecule has 0 saturated carbocycles. The number of rotatable bonds is 6. The summed E-state index contributed by atoms with van der Waals surface area (Å²) >= 11 is 0. The highest BCUT2D eigenvalue weighted by molar-refractivity contribution is 5.35. The zero-order chi connectivity index (χ0) is 14.4. The molecular weight excluding hydrogens is 254 g/mol. The van der Waals surface area contributed by atoms with E-state index in [-0.39, 0.29) is 18.2 Å². The first-order valence-electron chi connectivity index (χ1n) is 7.34. The van der Waals surface area contributed by atoms with E-state index in [0.29, 0.717) is 6.61 Å². The van der Waals surface area contributed by atoms with Crippen LogP contribution in [0.3, 0.4) is 0 Å². The molecule has 3 unspecified atom stereocenters. The van der Waals surface area contributed by atoms with Gasteiger partial charge in [-0.15, -0.1) is 0 Å². The maximum atomic E-state index is 6.09. The maximum absolute atomic E-state index is 6.09. The van der Waals surface area contributed by atoms with Crippen molar-refractivity contribution in [1.29, 1.82) is 0 Å². The van der Waals surface area contributed by atoms with Gasteiger partial charge in [-0.05, 0) is 32.3 Å². The van der Waals surface area contributed by atoms with Gasteiger partial charge in [0.25, 0.3) is 0 Å². The summed E-state index contributed by atoms with van der Waals surface area (Å²) in [5.41, 5.74) is 7.09. The Morgan fingerprint density at radius 3 is 2.80 bits per heavy atom. The molecule has 1 saturated heterocycles. The van der Waals surface area contributed by atoms with Gasteiger partial charge in [-0.25, -0.2) is 0 Å². The van der Waals surface area contributed by atoms with Gasteiger partial charge in [-0.1, -0.05) is 18.2 Å². The lowest BCUT2D eigenvalue weighted by atomic mass is 10.0. The molecule has 2 N–H and O–H groups in total. The van der Waals surface area contributed by atoms with Crippen LogP contribution in [0, 0.1) is 0 Å². The summed E-state index contributed by atoms with van der Waals surface area (Å²) in [6.45, 7) is 3.38. The molecule has 1 heterocycles. The van der Waals surface area contributed by atoms with Gasteiger partial charge in [0, 0.05) is 18.2 Å². The van der Waals surface area contributed by atoms with Crippen molar-refractivity contribution in [3.8, 4) is 5.75 Å². The van der Waals surface area contributed by atoms with E-state index in [1.165, 1.54) is 6.42 Å². The number of ether oxygens (including phenoxy) is 3. The first-order valence-corrected chi connectivity index (χ1v) is 7.34. The quantitative estimate of drug-likeness (QED) is 0.870. The normalized spacial score (nSPS) is 22.2. The second-order valence-electron chi connectivity index (χ2n) is 5.34. The Morgan fingerprint density at radius 1 is 1.35 bits per heavy atom. The summed E-state index contributed by atoms with van der Waals surface area (Å²) in [5, 5.41) is 0. The second-order valence-corrected chi connectivity index (χ2v) is 5.34. The molecule has 0 bridgehead atoms. The predicted octanol–water partition coefficient (Wildman–Crippen LogP) is 2.67. The van der Waals surface area contributed by atoms with Crippen molar-refractivity contribution < 1.29 is 14.2 Å². The molecule has 3 atom stereocenters. The molecule has 1 aliphatic heterocycles. The number of benzene rings is 1. The fraction of sp³-hybridized carbons (Fsp3) is 0.625. The molecule has 20 heavy (non-hydrogen) atoms. The van der Waals surface area contributed by atoms with Crippen LogP contribution >= 0.6 is 0 Å². The second kappa shape index (κ2) is 7.62. The van der Waals surface area contributed by atoms with E-state index in [1.54, 1.807) is 7.11 Å². The first kappa shape index (κ1) is 15.3. The molecule has 0 spiro atoms. The number of hydrogen-bond acceptors (Lipinski definition) is 4. The van der Waals surface area contributed by atoms with Crippen molar-refractivity contribution in [1.82, 2.24) is 0 Å². The lowest BCUT2D eigenvalue weighted by molar-refractivity contribution is -0.0684. The Kier molecular flexibility index (Phi) is 5.83. The van der Waals surface area contributed by atoms with Crippen molar-refractivity contribution >= 4 is 0 Å². The van der Waals surface area contributed by atoms with Crippen molar-refractivity contribution in [3.05, 3.63) is 29.8 Å². The minimum absolute atomic E-state index is 0.102.